The predicted octanol–water partition coefficient (Wildman–Crippen LogP) is 3.34. The van der Waals surface area contributed by atoms with Gasteiger partial charge in [0.15, 0.2) is 0 Å². The van der Waals surface area contributed by atoms with Gasteiger partial charge in [-0.25, -0.2) is 4.39 Å². The minimum atomic E-state index is -0.168. The molecule has 0 aliphatic rings. The van der Waals surface area contributed by atoms with Crippen molar-refractivity contribution in [2.45, 2.75) is 40.3 Å². The molecule has 0 radical (unpaired) electrons. The molecule has 0 aliphatic heterocycles. The summed E-state index contributed by atoms with van der Waals surface area (Å²) in [5.41, 5.74) is 4.59. The Morgan fingerprint density at radius 2 is 2.00 bits per heavy atom. The lowest BCUT2D eigenvalue weighted by molar-refractivity contribution is 0.553. The number of hydrogen-bond acceptors (Lipinski definition) is 2. The van der Waals surface area contributed by atoms with E-state index in [1.807, 2.05) is 37.7 Å². The van der Waals surface area contributed by atoms with Crippen molar-refractivity contribution in [3.63, 3.8) is 0 Å². The molecule has 108 valence electrons. The van der Waals surface area contributed by atoms with Gasteiger partial charge in [0, 0.05) is 36.5 Å². The van der Waals surface area contributed by atoms with E-state index in [1.54, 1.807) is 6.07 Å². The van der Waals surface area contributed by atoms with Crippen LogP contribution in [0.15, 0.2) is 18.2 Å². The molecule has 1 N–H and O–H groups in total. The zero-order chi connectivity index (χ0) is 14.9. The maximum atomic E-state index is 14.2. The van der Waals surface area contributed by atoms with Crippen molar-refractivity contribution in [2.24, 2.45) is 7.05 Å². The van der Waals surface area contributed by atoms with Gasteiger partial charge in [0.2, 0.25) is 0 Å². The summed E-state index contributed by atoms with van der Waals surface area (Å²) in [5.74, 6) is -0.168. The van der Waals surface area contributed by atoms with E-state index in [2.05, 4.69) is 24.3 Å². The molecule has 1 heterocycles. The van der Waals surface area contributed by atoms with Crippen molar-refractivity contribution in [1.82, 2.24) is 15.1 Å². The van der Waals surface area contributed by atoms with Crippen LogP contribution in [0.5, 0.6) is 0 Å². The average molecular weight is 275 g/mol. The number of nitrogens with zero attached hydrogens (tertiary/aromatic N) is 2. The average Bonchev–Trinajstić information content (AvgIpc) is 2.61. The molecule has 0 aliphatic carbocycles. The van der Waals surface area contributed by atoms with Crippen molar-refractivity contribution in [3.8, 4) is 11.1 Å². The van der Waals surface area contributed by atoms with Gasteiger partial charge in [-0.05, 0) is 25.5 Å². The fourth-order valence-electron chi connectivity index (χ4n) is 2.35. The van der Waals surface area contributed by atoms with Crippen LogP contribution in [-0.4, -0.2) is 15.8 Å². The van der Waals surface area contributed by atoms with Gasteiger partial charge >= 0.3 is 0 Å². The van der Waals surface area contributed by atoms with Gasteiger partial charge in [0.05, 0.1) is 5.69 Å². The van der Waals surface area contributed by atoms with Crippen LogP contribution in [-0.2, 0) is 13.6 Å². The molecule has 2 rings (SSSR count). The largest absolute Gasteiger partial charge is 0.310 e. The Kier molecular flexibility index (Phi) is 4.23. The molecule has 3 nitrogen and oxygen atoms in total. The molecule has 20 heavy (non-hydrogen) atoms. The second-order valence-corrected chi connectivity index (χ2v) is 5.51. The number of aryl methyl sites for hydroxylation is 2. The summed E-state index contributed by atoms with van der Waals surface area (Å²) >= 11 is 0. The second-order valence-electron chi connectivity index (χ2n) is 5.51. The van der Waals surface area contributed by atoms with Crippen LogP contribution in [0, 0.1) is 19.7 Å². The first kappa shape index (κ1) is 14.7. The summed E-state index contributed by atoms with van der Waals surface area (Å²) in [6.07, 6.45) is 0. The highest BCUT2D eigenvalue weighted by Gasteiger charge is 2.13. The van der Waals surface area contributed by atoms with Crippen molar-refractivity contribution in [2.75, 3.05) is 0 Å². The molecule has 1 aromatic carbocycles. The van der Waals surface area contributed by atoms with Crippen LogP contribution in [0.1, 0.15) is 30.8 Å². The molecule has 0 amide bonds. The Morgan fingerprint density at radius 1 is 1.30 bits per heavy atom. The predicted molar refractivity (Wildman–Crippen MR) is 80.1 cm³/mol. The highest BCUT2D eigenvalue weighted by Crippen LogP contribution is 2.27. The van der Waals surface area contributed by atoms with E-state index >= 15 is 0 Å². The number of aromatic nitrogens is 2. The molecule has 1 aromatic heterocycles. The Bertz CT molecular complexity index is 614. The molecule has 0 unspecified atom stereocenters. The zero-order valence-corrected chi connectivity index (χ0v) is 12.8. The lowest BCUT2D eigenvalue weighted by Gasteiger charge is -2.10. The molecule has 0 spiro atoms. The number of hydrogen-bond donors (Lipinski definition) is 1. The summed E-state index contributed by atoms with van der Waals surface area (Å²) in [4.78, 5) is 0. The molecular formula is C16H22FN3. The van der Waals surface area contributed by atoms with E-state index in [9.17, 15) is 4.39 Å². The van der Waals surface area contributed by atoms with E-state index in [4.69, 9.17) is 0 Å². The maximum absolute atomic E-state index is 14.2. The minimum absolute atomic E-state index is 0.168. The van der Waals surface area contributed by atoms with Gasteiger partial charge in [-0.2, -0.15) is 5.10 Å². The van der Waals surface area contributed by atoms with Crippen LogP contribution in [0.25, 0.3) is 11.1 Å². The SMILES string of the molecule is Cc1nn(C)c(C)c1-c1ccc(CNC(C)C)c(F)c1. The summed E-state index contributed by atoms with van der Waals surface area (Å²) in [5, 5.41) is 7.61. The molecule has 2 aromatic rings. The molecule has 0 saturated carbocycles. The topological polar surface area (TPSA) is 29.9 Å². The molecule has 0 atom stereocenters. The van der Waals surface area contributed by atoms with E-state index < -0.39 is 0 Å². The van der Waals surface area contributed by atoms with E-state index in [0.717, 1.165) is 22.5 Å². The zero-order valence-electron chi connectivity index (χ0n) is 12.8. The fourth-order valence-corrected chi connectivity index (χ4v) is 2.35. The third-order valence-electron chi connectivity index (χ3n) is 3.55. The van der Waals surface area contributed by atoms with Crippen LogP contribution in [0.3, 0.4) is 0 Å². The van der Waals surface area contributed by atoms with Crippen LogP contribution < -0.4 is 5.32 Å². The quantitative estimate of drug-likeness (QED) is 0.927. The van der Waals surface area contributed by atoms with Crippen LogP contribution in [0.4, 0.5) is 4.39 Å². The second kappa shape index (κ2) is 5.75. The number of rotatable bonds is 4. The summed E-state index contributed by atoms with van der Waals surface area (Å²) in [7, 11) is 1.91. The van der Waals surface area contributed by atoms with Gasteiger partial charge in [0.1, 0.15) is 5.82 Å². The van der Waals surface area contributed by atoms with Crippen LogP contribution in [0.2, 0.25) is 0 Å². The number of nitrogens with one attached hydrogen (secondary N) is 1. The van der Waals surface area contributed by atoms with Gasteiger partial charge < -0.3 is 5.32 Å². The Morgan fingerprint density at radius 3 is 2.50 bits per heavy atom. The van der Waals surface area contributed by atoms with Crippen molar-refractivity contribution in [1.29, 1.82) is 0 Å². The lowest BCUT2D eigenvalue weighted by Crippen LogP contribution is -2.22. The van der Waals surface area contributed by atoms with Crippen molar-refractivity contribution in [3.05, 3.63) is 41.0 Å². The van der Waals surface area contributed by atoms with Gasteiger partial charge in [-0.1, -0.05) is 26.0 Å². The van der Waals surface area contributed by atoms with E-state index in [0.29, 0.717) is 18.2 Å². The fraction of sp³-hybridized carbons (Fsp3) is 0.438. The molecule has 0 saturated heterocycles. The summed E-state index contributed by atoms with van der Waals surface area (Å²) in [6.45, 7) is 8.61. The van der Waals surface area contributed by atoms with Crippen molar-refractivity contribution >= 4 is 0 Å². The molecular weight excluding hydrogens is 253 g/mol. The smallest absolute Gasteiger partial charge is 0.128 e. The summed E-state index contributed by atoms with van der Waals surface area (Å²) in [6, 6.07) is 5.77. The molecule has 0 fully saturated rings. The third kappa shape index (κ3) is 2.90. The number of halogens is 1. The first-order valence-electron chi connectivity index (χ1n) is 6.92. The highest BCUT2D eigenvalue weighted by atomic mass is 19.1. The van der Waals surface area contributed by atoms with Gasteiger partial charge in [-0.15, -0.1) is 0 Å². The third-order valence-corrected chi connectivity index (χ3v) is 3.55. The number of benzene rings is 1. The van der Waals surface area contributed by atoms with Crippen molar-refractivity contribution < 1.29 is 4.39 Å². The maximum Gasteiger partial charge on any atom is 0.128 e. The standard InChI is InChI=1S/C16H22FN3/c1-10(2)18-9-14-7-6-13(8-15(14)17)16-11(3)19-20(5)12(16)4/h6-8,10,18H,9H2,1-5H3. The van der Waals surface area contributed by atoms with E-state index in [-0.39, 0.29) is 5.82 Å². The highest BCUT2D eigenvalue weighted by molar-refractivity contribution is 5.68. The Balaban J connectivity index is 2.33. The van der Waals surface area contributed by atoms with Gasteiger partial charge in [-0.3, -0.25) is 4.68 Å². The van der Waals surface area contributed by atoms with Crippen LogP contribution >= 0.6 is 0 Å². The lowest BCUT2D eigenvalue weighted by atomic mass is 10.0. The minimum Gasteiger partial charge on any atom is -0.310 e. The normalized spacial score (nSPS) is 11.3. The molecule has 4 heteroatoms. The van der Waals surface area contributed by atoms with E-state index in [1.165, 1.54) is 0 Å². The Hall–Kier alpha value is -1.68. The van der Waals surface area contributed by atoms with Gasteiger partial charge in [0.25, 0.3) is 0 Å². The first-order chi connectivity index (χ1) is 9.40. The Labute approximate surface area is 119 Å². The summed E-state index contributed by atoms with van der Waals surface area (Å²) < 4.78 is 16.0. The first-order valence-corrected chi connectivity index (χ1v) is 6.92. The monoisotopic (exact) mass is 275 g/mol. The molecule has 0 bridgehead atoms.